The smallest absolute Gasteiger partial charge is 0.160 e. The first-order valence-electron chi connectivity index (χ1n) is 18.4. The van der Waals surface area contributed by atoms with Crippen molar-refractivity contribution in [3.63, 3.8) is 0 Å². The van der Waals surface area contributed by atoms with Crippen molar-refractivity contribution in [1.29, 1.82) is 0 Å². The second-order valence-electron chi connectivity index (χ2n) is 13.5. The summed E-state index contributed by atoms with van der Waals surface area (Å²) in [5.74, 6) is 1.56. The molecule has 0 N–H and O–H groups in total. The van der Waals surface area contributed by atoms with Crippen LogP contribution in [0.15, 0.2) is 200 Å². The molecule has 10 aromatic rings. The van der Waals surface area contributed by atoms with Crippen molar-refractivity contribution in [2.24, 2.45) is 0 Å². The molecule has 55 heavy (non-hydrogen) atoms. The average molecular weight is 704 g/mol. The van der Waals surface area contributed by atoms with Gasteiger partial charge in [0.05, 0.1) is 22.6 Å². The third-order valence-corrected chi connectivity index (χ3v) is 10.0. The standard InChI is InChI=1S/C50H33N5/c1-5-15-36(16-6-1)44-33-45(37-17-7-2-8-18-37)53-49(52-44)39-29-25-34(26-30-39)35-27-31-40(32-28-35)50-54-47-42-23-13-14-24-43(42)51-46(38-19-9-3-10-20-38)48(47)55(50)41-21-11-4-12-22-41/h1-33H. The van der Waals surface area contributed by atoms with E-state index in [0.29, 0.717) is 5.82 Å². The van der Waals surface area contributed by atoms with E-state index in [0.717, 1.165) is 89.5 Å². The number of hydrogen-bond acceptors (Lipinski definition) is 4. The van der Waals surface area contributed by atoms with Gasteiger partial charge < -0.3 is 0 Å². The molecular formula is C50H33N5. The zero-order valence-electron chi connectivity index (χ0n) is 29.8. The molecule has 0 aliphatic heterocycles. The number of para-hydroxylation sites is 2. The zero-order valence-corrected chi connectivity index (χ0v) is 29.8. The molecule has 0 aliphatic carbocycles. The van der Waals surface area contributed by atoms with Crippen LogP contribution in [0.3, 0.4) is 0 Å². The van der Waals surface area contributed by atoms with Crippen LogP contribution in [0.2, 0.25) is 0 Å². The van der Waals surface area contributed by atoms with Gasteiger partial charge in [0.25, 0.3) is 0 Å². The summed E-state index contributed by atoms with van der Waals surface area (Å²) in [4.78, 5) is 20.6. The lowest BCUT2D eigenvalue weighted by molar-refractivity contribution is 1.10. The highest BCUT2D eigenvalue weighted by atomic mass is 15.1. The van der Waals surface area contributed by atoms with Crippen molar-refractivity contribution in [2.45, 2.75) is 0 Å². The molecule has 0 saturated carbocycles. The Hall–Kier alpha value is -7.50. The normalized spacial score (nSPS) is 11.3. The SMILES string of the molecule is c1ccc(-c2cc(-c3ccccc3)nc(-c3ccc(-c4ccc(-c5nc6c7ccccc7nc(-c7ccccc7)c6n5-c5ccccc5)cc4)cc3)n2)cc1. The number of benzene rings is 7. The minimum Gasteiger partial charge on any atom is -0.290 e. The average Bonchev–Trinajstić information content (AvgIpc) is 3.68. The second kappa shape index (κ2) is 13.8. The molecule has 3 aromatic heterocycles. The molecule has 10 rings (SSSR count). The lowest BCUT2D eigenvalue weighted by atomic mass is 10.0. The summed E-state index contributed by atoms with van der Waals surface area (Å²) in [6.07, 6.45) is 0. The summed E-state index contributed by atoms with van der Waals surface area (Å²) in [6.45, 7) is 0. The minimum absolute atomic E-state index is 0.693. The third kappa shape index (κ3) is 6.04. The Morgan fingerprint density at radius 1 is 0.345 bits per heavy atom. The van der Waals surface area contributed by atoms with Gasteiger partial charge in [-0.25, -0.2) is 19.9 Å². The van der Waals surface area contributed by atoms with E-state index in [2.05, 4.69) is 150 Å². The molecule has 0 saturated heterocycles. The van der Waals surface area contributed by atoms with Crippen LogP contribution >= 0.6 is 0 Å². The molecule has 0 bridgehead atoms. The van der Waals surface area contributed by atoms with E-state index in [1.165, 1.54) is 0 Å². The summed E-state index contributed by atoms with van der Waals surface area (Å²) in [7, 11) is 0. The van der Waals surface area contributed by atoms with Crippen molar-refractivity contribution in [3.8, 4) is 73.4 Å². The quantitative estimate of drug-likeness (QED) is 0.166. The maximum atomic E-state index is 5.39. The van der Waals surface area contributed by atoms with Gasteiger partial charge in [0.1, 0.15) is 16.9 Å². The van der Waals surface area contributed by atoms with E-state index >= 15 is 0 Å². The molecule has 0 radical (unpaired) electrons. The number of hydrogen-bond donors (Lipinski definition) is 0. The van der Waals surface area contributed by atoms with E-state index < -0.39 is 0 Å². The first kappa shape index (κ1) is 32.2. The van der Waals surface area contributed by atoms with E-state index in [4.69, 9.17) is 19.9 Å². The van der Waals surface area contributed by atoms with Crippen LogP contribution in [0.1, 0.15) is 0 Å². The fraction of sp³-hybridized carbons (Fsp3) is 0. The maximum absolute atomic E-state index is 5.39. The molecule has 0 spiro atoms. The first-order valence-corrected chi connectivity index (χ1v) is 18.4. The summed E-state index contributed by atoms with van der Waals surface area (Å²) in [5.41, 5.74) is 13.9. The molecule has 0 atom stereocenters. The van der Waals surface area contributed by atoms with Crippen LogP contribution in [-0.4, -0.2) is 24.5 Å². The minimum atomic E-state index is 0.693. The van der Waals surface area contributed by atoms with Crippen LogP contribution in [0, 0.1) is 0 Å². The predicted octanol–water partition coefficient (Wildman–Crippen LogP) is 12.4. The maximum Gasteiger partial charge on any atom is 0.160 e. The lowest BCUT2D eigenvalue weighted by Gasteiger charge is -2.13. The molecule has 5 heteroatoms. The molecule has 258 valence electrons. The van der Waals surface area contributed by atoms with Crippen molar-refractivity contribution in [3.05, 3.63) is 200 Å². The number of rotatable bonds is 7. The van der Waals surface area contributed by atoms with E-state index in [1.54, 1.807) is 0 Å². The Morgan fingerprint density at radius 3 is 1.40 bits per heavy atom. The molecule has 3 heterocycles. The highest BCUT2D eigenvalue weighted by molar-refractivity contribution is 6.09. The number of nitrogens with zero attached hydrogens (tertiary/aromatic N) is 5. The summed E-state index contributed by atoms with van der Waals surface area (Å²) < 4.78 is 2.26. The van der Waals surface area contributed by atoms with Crippen LogP contribution in [0.5, 0.6) is 0 Å². The fourth-order valence-corrected chi connectivity index (χ4v) is 7.30. The van der Waals surface area contributed by atoms with Gasteiger partial charge in [-0.2, -0.15) is 0 Å². The monoisotopic (exact) mass is 703 g/mol. The van der Waals surface area contributed by atoms with Crippen LogP contribution in [0.25, 0.3) is 95.3 Å². The summed E-state index contributed by atoms with van der Waals surface area (Å²) in [6, 6.07) is 68.9. The Balaban J connectivity index is 1.05. The van der Waals surface area contributed by atoms with Gasteiger partial charge >= 0.3 is 0 Å². The molecular weight excluding hydrogens is 671 g/mol. The third-order valence-electron chi connectivity index (χ3n) is 10.0. The van der Waals surface area contributed by atoms with Crippen LogP contribution in [-0.2, 0) is 0 Å². The van der Waals surface area contributed by atoms with E-state index in [-0.39, 0.29) is 0 Å². The highest BCUT2D eigenvalue weighted by Crippen LogP contribution is 2.38. The van der Waals surface area contributed by atoms with Gasteiger partial charge in [0.2, 0.25) is 0 Å². The first-order chi connectivity index (χ1) is 27.3. The van der Waals surface area contributed by atoms with Gasteiger partial charge in [0.15, 0.2) is 5.82 Å². The predicted molar refractivity (Wildman–Crippen MR) is 225 cm³/mol. The molecule has 0 aliphatic rings. The van der Waals surface area contributed by atoms with Crippen molar-refractivity contribution in [1.82, 2.24) is 24.5 Å². The Morgan fingerprint density at radius 2 is 0.818 bits per heavy atom. The van der Waals surface area contributed by atoms with Crippen molar-refractivity contribution < 1.29 is 0 Å². The van der Waals surface area contributed by atoms with Gasteiger partial charge in [-0.1, -0.05) is 176 Å². The Labute approximate surface area is 318 Å². The summed E-state index contributed by atoms with van der Waals surface area (Å²) in [5, 5.41) is 1.03. The largest absolute Gasteiger partial charge is 0.290 e. The Bertz CT molecular complexity index is 2870. The van der Waals surface area contributed by atoms with Crippen LogP contribution in [0.4, 0.5) is 0 Å². The Kier molecular flexibility index (Phi) is 8.08. The highest BCUT2D eigenvalue weighted by Gasteiger charge is 2.22. The molecule has 7 aromatic carbocycles. The van der Waals surface area contributed by atoms with E-state index in [1.807, 2.05) is 54.6 Å². The second-order valence-corrected chi connectivity index (χ2v) is 13.5. The summed E-state index contributed by atoms with van der Waals surface area (Å²) >= 11 is 0. The molecule has 5 nitrogen and oxygen atoms in total. The number of pyridine rings is 1. The fourth-order valence-electron chi connectivity index (χ4n) is 7.30. The van der Waals surface area contributed by atoms with Gasteiger partial charge in [0, 0.05) is 38.9 Å². The van der Waals surface area contributed by atoms with Gasteiger partial charge in [-0.05, 0) is 35.4 Å². The number of aromatic nitrogens is 5. The number of fused-ring (bicyclic) bond motifs is 3. The van der Waals surface area contributed by atoms with Gasteiger partial charge in [-0.15, -0.1) is 0 Å². The molecule has 0 fully saturated rings. The van der Waals surface area contributed by atoms with Crippen LogP contribution < -0.4 is 0 Å². The van der Waals surface area contributed by atoms with Gasteiger partial charge in [-0.3, -0.25) is 4.57 Å². The molecule has 0 unspecified atom stereocenters. The lowest BCUT2D eigenvalue weighted by Crippen LogP contribution is -2.00. The molecule has 0 amide bonds. The zero-order chi connectivity index (χ0) is 36.6. The van der Waals surface area contributed by atoms with E-state index in [9.17, 15) is 0 Å². The van der Waals surface area contributed by atoms with Crippen molar-refractivity contribution >= 4 is 21.9 Å². The number of imidazole rings is 1. The van der Waals surface area contributed by atoms with Crippen molar-refractivity contribution in [2.75, 3.05) is 0 Å². The topological polar surface area (TPSA) is 56.5 Å².